The summed E-state index contributed by atoms with van der Waals surface area (Å²) in [4.78, 5) is 10.6. The highest BCUT2D eigenvalue weighted by atomic mass is 28.4. The summed E-state index contributed by atoms with van der Waals surface area (Å²) in [5.74, 6) is -1.05. The molecule has 0 heterocycles. The van der Waals surface area contributed by atoms with Gasteiger partial charge in [-0.15, -0.1) is 0 Å². The lowest BCUT2D eigenvalue weighted by molar-refractivity contribution is -0.141. The Hall–Kier alpha value is -0.353. The maximum atomic E-state index is 10.6. The molecule has 0 aromatic heterocycles. The van der Waals surface area contributed by atoms with Gasteiger partial charge in [0.1, 0.15) is 0 Å². The van der Waals surface area contributed by atoms with Crippen molar-refractivity contribution in [1.82, 2.24) is 0 Å². The molecule has 4 heteroatoms. The molecule has 0 aliphatic heterocycles. The zero-order valence-electron chi connectivity index (χ0n) is 10.8. The summed E-state index contributed by atoms with van der Waals surface area (Å²) in [5, 5.41) is 8.92. The van der Waals surface area contributed by atoms with Crippen molar-refractivity contribution in [2.45, 2.75) is 52.2 Å². The standard InChI is InChI=1S/C11H24O3Si/c1-9(10(12)13)7-8-14-15(5,6)11(2,3)4/h9H,7-8H2,1-6H3,(H,12,13)/t9-/m0/s1. The monoisotopic (exact) mass is 232 g/mol. The molecule has 3 nitrogen and oxygen atoms in total. The van der Waals surface area contributed by atoms with Crippen molar-refractivity contribution >= 4 is 14.3 Å². The Bertz CT molecular complexity index is 218. The van der Waals surface area contributed by atoms with Gasteiger partial charge in [-0.1, -0.05) is 27.7 Å². The fourth-order valence-corrected chi connectivity index (χ4v) is 1.89. The number of aliphatic carboxylic acids is 1. The molecule has 0 spiro atoms. The van der Waals surface area contributed by atoms with E-state index in [2.05, 4.69) is 33.9 Å². The lowest BCUT2D eigenvalue weighted by atomic mass is 10.1. The van der Waals surface area contributed by atoms with Gasteiger partial charge in [0.25, 0.3) is 0 Å². The van der Waals surface area contributed by atoms with Crippen LogP contribution in [0.2, 0.25) is 18.1 Å². The van der Waals surface area contributed by atoms with Crippen LogP contribution in [0.1, 0.15) is 34.1 Å². The van der Waals surface area contributed by atoms with Gasteiger partial charge in [-0.3, -0.25) is 4.79 Å². The number of hydrogen-bond donors (Lipinski definition) is 1. The van der Waals surface area contributed by atoms with Crippen LogP contribution in [0.15, 0.2) is 0 Å². The number of rotatable bonds is 5. The summed E-state index contributed by atoms with van der Waals surface area (Å²) in [6.07, 6.45) is 0.599. The SMILES string of the molecule is C[C@@H](CCO[Si](C)(C)C(C)(C)C)C(=O)O. The van der Waals surface area contributed by atoms with E-state index < -0.39 is 14.3 Å². The summed E-state index contributed by atoms with van der Waals surface area (Å²) >= 11 is 0. The summed E-state index contributed by atoms with van der Waals surface area (Å²) in [7, 11) is -1.70. The van der Waals surface area contributed by atoms with Crippen LogP contribution in [-0.2, 0) is 9.22 Å². The summed E-state index contributed by atoms with van der Waals surface area (Å²) in [6.45, 7) is 13.2. The molecule has 0 amide bonds. The summed E-state index contributed by atoms with van der Waals surface area (Å²) < 4.78 is 5.89. The molecule has 0 unspecified atom stereocenters. The molecular formula is C11H24O3Si. The first kappa shape index (κ1) is 14.6. The van der Waals surface area contributed by atoms with E-state index in [0.717, 1.165) is 0 Å². The Kier molecular flexibility index (Phi) is 5.00. The van der Waals surface area contributed by atoms with E-state index in [0.29, 0.717) is 13.0 Å². The molecule has 0 saturated carbocycles. The van der Waals surface area contributed by atoms with Crippen LogP contribution in [0.3, 0.4) is 0 Å². The first-order valence-corrected chi connectivity index (χ1v) is 8.35. The topological polar surface area (TPSA) is 46.5 Å². The maximum Gasteiger partial charge on any atom is 0.306 e. The van der Waals surface area contributed by atoms with Gasteiger partial charge in [0.05, 0.1) is 5.92 Å². The third-order valence-electron chi connectivity index (χ3n) is 3.24. The van der Waals surface area contributed by atoms with Gasteiger partial charge in [-0.2, -0.15) is 0 Å². The Balaban J connectivity index is 4.01. The molecule has 90 valence electrons. The minimum atomic E-state index is -1.70. The normalized spacial score (nSPS) is 15.1. The van der Waals surface area contributed by atoms with Crippen molar-refractivity contribution in [3.05, 3.63) is 0 Å². The fraction of sp³-hybridized carbons (Fsp3) is 0.909. The molecule has 0 rings (SSSR count). The van der Waals surface area contributed by atoms with Crippen LogP contribution in [0.25, 0.3) is 0 Å². The van der Waals surface area contributed by atoms with Crippen molar-refractivity contribution < 1.29 is 14.3 Å². The van der Waals surface area contributed by atoms with Crippen LogP contribution in [0.4, 0.5) is 0 Å². The van der Waals surface area contributed by atoms with Crippen LogP contribution in [0, 0.1) is 5.92 Å². The van der Waals surface area contributed by atoms with Gasteiger partial charge in [0.15, 0.2) is 8.32 Å². The Morgan fingerprint density at radius 3 is 2.20 bits per heavy atom. The second-order valence-electron chi connectivity index (χ2n) is 5.64. The highest BCUT2D eigenvalue weighted by Crippen LogP contribution is 2.36. The van der Waals surface area contributed by atoms with Crippen molar-refractivity contribution in [3.8, 4) is 0 Å². The zero-order valence-corrected chi connectivity index (χ0v) is 11.8. The molecule has 0 aromatic rings. The highest BCUT2D eigenvalue weighted by Gasteiger charge is 2.37. The van der Waals surface area contributed by atoms with Crippen molar-refractivity contribution in [2.75, 3.05) is 6.61 Å². The van der Waals surface area contributed by atoms with E-state index in [1.165, 1.54) is 0 Å². The van der Waals surface area contributed by atoms with E-state index in [-0.39, 0.29) is 11.0 Å². The first-order valence-electron chi connectivity index (χ1n) is 5.44. The van der Waals surface area contributed by atoms with Gasteiger partial charge in [-0.25, -0.2) is 0 Å². The fourth-order valence-electron chi connectivity index (χ4n) is 0.831. The molecule has 0 bridgehead atoms. The van der Waals surface area contributed by atoms with Crippen LogP contribution >= 0.6 is 0 Å². The molecule has 0 fully saturated rings. The molecule has 0 saturated heterocycles. The Labute approximate surface area is 94.0 Å². The number of carbonyl (C=O) groups is 1. The lowest BCUT2D eigenvalue weighted by Crippen LogP contribution is -2.41. The lowest BCUT2D eigenvalue weighted by Gasteiger charge is -2.36. The van der Waals surface area contributed by atoms with E-state index in [9.17, 15) is 4.79 Å². The van der Waals surface area contributed by atoms with Crippen LogP contribution < -0.4 is 0 Å². The highest BCUT2D eigenvalue weighted by molar-refractivity contribution is 6.74. The molecule has 1 N–H and O–H groups in total. The zero-order chi connectivity index (χ0) is 12.3. The second kappa shape index (κ2) is 5.12. The molecule has 15 heavy (non-hydrogen) atoms. The number of carboxylic acids is 1. The van der Waals surface area contributed by atoms with Crippen molar-refractivity contribution in [1.29, 1.82) is 0 Å². The van der Waals surface area contributed by atoms with Crippen molar-refractivity contribution in [2.24, 2.45) is 5.92 Å². The van der Waals surface area contributed by atoms with Gasteiger partial charge >= 0.3 is 5.97 Å². The minimum absolute atomic E-state index is 0.194. The predicted molar refractivity (Wildman–Crippen MR) is 64.6 cm³/mol. The van der Waals surface area contributed by atoms with Gasteiger partial charge < -0.3 is 9.53 Å². The minimum Gasteiger partial charge on any atom is -0.481 e. The smallest absolute Gasteiger partial charge is 0.306 e. The average Bonchev–Trinajstić information content (AvgIpc) is 2.01. The van der Waals surface area contributed by atoms with Gasteiger partial charge in [-0.05, 0) is 24.6 Å². The summed E-state index contributed by atoms with van der Waals surface area (Å²) in [6, 6.07) is 0. The molecule has 1 atom stereocenters. The van der Waals surface area contributed by atoms with Gasteiger partial charge in [0.2, 0.25) is 0 Å². The quantitative estimate of drug-likeness (QED) is 0.741. The van der Waals surface area contributed by atoms with E-state index in [4.69, 9.17) is 9.53 Å². The van der Waals surface area contributed by atoms with Crippen LogP contribution in [-0.4, -0.2) is 26.0 Å². The summed E-state index contributed by atoms with van der Waals surface area (Å²) in [5.41, 5.74) is 0. The molecule has 0 aromatic carbocycles. The van der Waals surface area contributed by atoms with E-state index in [1.807, 2.05) is 0 Å². The molecule has 0 radical (unpaired) electrons. The Morgan fingerprint density at radius 2 is 1.87 bits per heavy atom. The van der Waals surface area contributed by atoms with E-state index >= 15 is 0 Å². The number of carboxylic acid groups (broad SMARTS) is 1. The second-order valence-corrected chi connectivity index (χ2v) is 10.4. The van der Waals surface area contributed by atoms with Crippen LogP contribution in [0.5, 0.6) is 0 Å². The largest absolute Gasteiger partial charge is 0.481 e. The molecular weight excluding hydrogens is 208 g/mol. The Morgan fingerprint density at radius 1 is 1.40 bits per heavy atom. The molecule has 0 aliphatic carbocycles. The average molecular weight is 232 g/mol. The molecule has 0 aliphatic rings. The number of hydrogen-bond acceptors (Lipinski definition) is 2. The van der Waals surface area contributed by atoms with E-state index in [1.54, 1.807) is 6.92 Å². The first-order chi connectivity index (χ1) is 6.58. The van der Waals surface area contributed by atoms with Crippen molar-refractivity contribution in [3.63, 3.8) is 0 Å². The van der Waals surface area contributed by atoms with Gasteiger partial charge in [0, 0.05) is 6.61 Å². The predicted octanol–water partition coefficient (Wildman–Crippen LogP) is 3.12. The third kappa shape index (κ3) is 4.80. The maximum absolute atomic E-state index is 10.6. The third-order valence-corrected chi connectivity index (χ3v) is 7.78.